The zero-order valence-electron chi connectivity index (χ0n) is 11.9. The van der Waals surface area contributed by atoms with Crippen LogP contribution in [0.2, 0.25) is 0 Å². The number of nitrogens with one attached hydrogen (secondary N) is 1. The predicted molar refractivity (Wildman–Crippen MR) is 82.3 cm³/mol. The summed E-state index contributed by atoms with van der Waals surface area (Å²) in [7, 11) is 0. The van der Waals surface area contributed by atoms with E-state index >= 15 is 0 Å². The lowest BCUT2D eigenvalue weighted by Gasteiger charge is -2.01. The molecule has 2 nitrogen and oxygen atoms in total. The van der Waals surface area contributed by atoms with Gasteiger partial charge in [0, 0.05) is 17.1 Å². The van der Waals surface area contributed by atoms with E-state index in [-0.39, 0.29) is 0 Å². The van der Waals surface area contributed by atoms with Crippen molar-refractivity contribution in [2.75, 3.05) is 13.1 Å². The van der Waals surface area contributed by atoms with E-state index in [1.807, 2.05) is 6.92 Å². The molecule has 0 amide bonds. The van der Waals surface area contributed by atoms with Crippen LogP contribution >= 0.6 is 0 Å². The van der Waals surface area contributed by atoms with Gasteiger partial charge in [-0.15, -0.1) is 5.92 Å². The second kappa shape index (κ2) is 7.01. The smallest absolute Gasteiger partial charge is 0.0837 e. The van der Waals surface area contributed by atoms with Crippen molar-refractivity contribution in [3.8, 4) is 11.8 Å². The van der Waals surface area contributed by atoms with E-state index in [1.54, 1.807) is 0 Å². The van der Waals surface area contributed by atoms with Crippen LogP contribution in [0.3, 0.4) is 0 Å². The lowest BCUT2D eigenvalue weighted by atomic mass is 10.1. The second-order valence-electron chi connectivity index (χ2n) is 4.73. The highest BCUT2D eigenvalue weighted by molar-refractivity contribution is 5.84. The zero-order valence-corrected chi connectivity index (χ0v) is 11.9. The number of benzene rings is 1. The van der Waals surface area contributed by atoms with E-state index in [9.17, 15) is 0 Å². The Labute approximate surface area is 115 Å². The van der Waals surface area contributed by atoms with E-state index < -0.39 is 0 Å². The minimum absolute atomic E-state index is 0.777. The molecule has 0 spiro atoms. The third-order valence-electron chi connectivity index (χ3n) is 3.30. The third-order valence-corrected chi connectivity index (χ3v) is 3.30. The molecule has 2 heteroatoms. The van der Waals surface area contributed by atoms with Crippen molar-refractivity contribution in [1.29, 1.82) is 0 Å². The Hall–Kier alpha value is -1.72. The predicted octanol–water partition coefficient (Wildman–Crippen LogP) is 3.21. The van der Waals surface area contributed by atoms with Crippen molar-refractivity contribution >= 4 is 10.9 Å². The first kappa shape index (κ1) is 13.7. The Morgan fingerprint density at radius 2 is 2.05 bits per heavy atom. The first-order chi connectivity index (χ1) is 9.36. The third kappa shape index (κ3) is 3.39. The largest absolute Gasteiger partial charge is 0.336 e. The van der Waals surface area contributed by atoms with Gasteiger partial charge in [-0.3, -0.25) is 0 Å². The summed E-state index contributed by atoms with van der Waals surface area (Å²) in [6.45, 7) is 7.00. The Kier molecular flexibility index (Phi) is 5.06. The minimum Gasteiger partial charge on any atom is -0.336 e. The number of hydrogen-bond acceptors (Lipinski definition) is 1. The number of nitrogens with zero attached hydrogens (tertiary/aromatic N) is 1. The molecule has 19 heavy (non-hydrogen) atoms. The van der Waals surface area contributed by atoms with Crippen molar-refractivity contribution < 1.29 is 0 Å². The van der Waals surface area contributed by atoms with Crippen LogP contribution in [0, 0.1) is 11.8 Å². The summed E-state index contributed by atoms with van der Waals surface area (Å²) in [6, 6.07) is 8.59. The average molecular weight is 254 g/mol. The Morgan fingerprint density at radius 1 is 1.21 bits per heavy atom. The highest BCUT2D eigenvalue weighted by atomic mass is 14.9. The molecule has 2 rings (SSSR count). The van der Waals surface area contributed by atoms with E-state index in [0.29, 0.717) is 0 Å². The number of aromatic nitrogens is 1. The normalized spacial score (nSPS) is 10.4. The van der Waals surface area contributed by atoms with Gasteiger partial charge in [0.15, 0.2) is 0 Å². The molecule has 1 heterocycles. The summed E-state index contributed by atoms with van der Waals surface area (Å²) in [6.07, 6.45) is 4.52. The monoisotopic (exact) mass is 254 g/mol. The first-order valence-corrected chi connectivity index (χ1v) is 7.04. The molecule has 0 saturated carbocycles. The molecule has 1 aromatic heterocycles. The number of para-hydroxylation sites is 1. The first-order valence-electron chi connectivity index (χ1n) is 7.04. The molecule has 2 aromatic rings. The molecule has 0 radical (unpaired) electrons. The van der Waals surface area contributed by atoms with Crippen molar-refractivity contribution in [2.45, 2.75) is 33.2 Å². The molecule has 0 atom stereocenters. The maximum atomic E-state index is 3.46. The van der Waals surface area contributed by atoms with E-state index in [1.165, 1.54) is 22.9 Å². The topological polar surface area (TPSA) is 17.0 Å². The highest BCUT2D eigenvalue weighted by Crippen LogP contribution is 2.21. The van der Waals surface area contributed by atoms with Gasteiger partial charge >= 0.3 is 0 Å². The van der Waals surface area contributed by atoms with Crippen LogP contribution in [-0.4, -0.2) is 17.7 Å². The lowest BCUT2D eigenvalue weighted by molar-refractivity contribution is 0.671. The summed E-state index contributed by atoms with van der Waals surface area (Å²) in [5.74, 6) is 6.11. The lowest BCUT2D eigenvalue weighted by Crippen LogP contribution is -2.17. The fraction of sp³-hybridized carbons (Fsp3) is 0.412. The van der Waals surface area contributed by atoms with Crippen LogP contribution in [0.15, 0.2) is 30.5 Å². The Balaban J connectivity index is 2.19. The molecule has 0 saturated heterocycles. The molecule has 100 valence electrons. The zero-order chi connectivity index (χ0) is 13.5. The van der Waals surface area contributed by atoms with Crippen LogP contribution in [0.25, 0.3) is 10.9 Å². The molecular formula is C17H22N2. The summed E-state index contributed by atoms with van der Waals surface area (Å²) in [5, 5.41) is 4.82. The van der Waals surface area contributed by atoms with E-state index in [2.05, 4.69) is 59.1 Å². The maximum absolute atomic E-state index is 3.46. The molecular weight excluding hydrogens is 232 g/mol. The van der Waals surface area contributed by atoms with E-state index in [4.69, 9.17) is 0 Å². The molecule has 1 aromatic carbocycles. The van der Waals surface area contributed by atoms with Gasteiger partial charge in [-0.05, 0) is 44.5 Å². The number of fused-ring (bicyclic) bond motifs is 1. The maximum Gasteiger partial charge on any atom is 0.0837 e. The van der Waals surface area contributed by atoms with Gasteiger partial charge in [0.2, 0.25) is 0 Å². The quantitative estimate of drug-likeness (QED) is 0.619. The van der Waals surface area contributed by atoms with Crippen LogP contribution in [0.1, 0.15) is 25.8 Å². The van der Waals surface area contributed by atoms with Gasteiger partial charge in [0.1, 0.15) is 0 Å². The van der Waals surface area contributed by atoms with Crippen LogP contribution in [0.4, 0.5) is 0 Å². The Bertz CT molecular complexity index is 584. The second-order valence-corrected chi connectivity index (χ2v) is 4.73. The Morgan fingerprint density at radius 3 is 2.84 bits per heavy atom. The summed E-state index contributed by atoms with van der Waals surface area (Å²) in [5.41, 5.74) is 2.70. The average Bonchev–Trinajstić information content (AvgIpc) is 2.80. The van der Waals surface area contributed by atoms with E-state index in [0.717, 1.165) is 26.1 Å². The SMILES string of the molecule is CC#CCn1cc(CCNCCC)c2ccccc21. The number of rotatable bonds is 6. The molecule has 0 aliphatic carbocycles. The van der Waals surface area contributed by atoms with Gasteiger partial charge in [-0.1, -0.05) is 31.0 Å². The molecule has 1 N–H and O–H groups in total. The molecule has 0 unspecified atom stereocenters. The summed E-state index contributed by atoms with van der Waals surface area (Å²) < 4.78 is 2.25. The molecule has 0 fully saturated rings. The molecule has 0 bridgehead atoms. The van der Waals surface area contributed by atoms with Crippen molar-refractivity contribution in [1.82, 2.24) is 9.88 Å². The van der Waals surface area contributed by atoms with Gasteiger partial charge in [-0.2, -0.15) is 0 Å². The standard InChI is InChI=1S/C17H22N2/c1-3-5-13-19-14-15(10-12-18-11-4-2)16-8-6-7-9-17(16)19/h6-9,14,18H,4,10-13H2,1-2H3. The fourth-order valence-electron chi connectivity index (χ4n) is 2.34. The summed E-state index contributed by atoms with van der Waals surface area (Å²) in [4.78, 5) is 0. The molecule has 0 aliphatic rings. The van der Waals surface area contributed by atoms with Crippen molar-refractivity contribution in [3.05, 3.63) is 36.0 Å². The van der Waals surface area contributed by atoms with Crippen LogP contribution < -0.4 is 5.32 Å². The van der Waals surface area contributed by atoms with Crippen LogP contribution in [0.5, 0.6) is 0 Å². The minimum atomic E-state index is 0.777. The van der Waals surface area contributed by atoms with Crippen molar-refractivity contribution in [2.24, 2.45) is 0 Å². The van der Waals surface area contributed by atoms with Gasteiger partial charge in [-0.25, -0.2) is 0 Å². The fourth-order valence-corrected chi connectivity index (χ4v) is 2.34. The van der Waals surface area contributed by atoms with Gasteiger partial charge in [0.25, 0.3) is 0 Å². The van der Waals surface area contributed by atoms with Crippen LogP contribution in [-0.2, 0) is 13.0 Å². The van der Waals surface area contributed by atoms with Gasteiger partial charge in [0.05, 0.1) is 6.54 Å². The van der Waals surface area contributed by atoms with Gasteiger partial charge < -0.3 is 9.88 Å². The summed E-state index contributed by atoms with van der Waals surface area (Å²) >= 11 is 0. The highest BCUT2D eigenvalue weighted by Gasteiger charge is 2.06. The molecule has 0 aliphatic heterocycles. The van der Waals surface area contributed by atoms with Crippen molar-refractivity contribution in [3.63, 3.8) is 0 Å². The number of hydrogen-bond donors (Lipinski definition) is 1.